The zero-order valence-electron chi connectivity index (χ0n) is 12.8. The molecule has 2 saturated heterocycles. The molecule has 0 spiro atoms. The lowest BCUT2D eigenvalue weighted by Gasteiger charge is -2.33. The van der Waals surface area contributed by atoms with Crippen molar-refractivity contribution in [1.82, 2.24) is 9.80 Å². The van der Waals surface area contributed by atoms with E-state index in [2.05, 4.69) is 27.3 Å². The third kappa shape index (κ3) is 4.16. The van der Waals surface area contributed by atoms with E-state index in [1.165, 1.54) is 4.88 Å². The number of nitrogens with two attached hydrogens (primary N) is 1. The fraction of sp³-hybridized carbons (Fsp3) is 0.667. The molecule has 1 aromatic heterocycles. The fourth-order valence-corrected chi connectivity index (χ4v) is 4.58. The molecule has 3 heterocycles. The van der Waals surface area contributed by atoms with Crippen LogP contribution in [0.25, 0.3) is 0 Å². The van der Waals surface area contributed by atoms with Crippen LogP contribution in [0, 0.1) is 0 Å². The molecule has 0 aliphatic carbocycles. The minimum atomic E-state index is 0.321. The van der Waals surface area contributed by atoms with Gasteiger partial charge in [-0.25, -0.2) is 0 Å². The Morgan fingerprint density at radius 2 is 2.05 bits per heavy atom. The Morgan fingerprint density at radius 3 is 2.73 bits per heavy atom. The van der Waals surface area contributed by atoms with Gasteiger partial charge in [0.1, 0.15) is 0 Å². The summed E-state index contributed by atoms with van der Waals surface area (Å²) >= 11 is 3.79. The highest BCUT2D eigenvalue weighted by molar-refractivity contribution is 7.99. The summed E-state index contributed by atoms with van der Waals surface area (Å²) in [7, 11) is 0. The van der Waals surface area contributed by atoms with Gasteiger partial charge in [-0.15, -0.1) is 11.3 Å². The maximum atomic E-state index is 6.21. The van der Waals surface area contributed by atoms with Gasteiger partial charge >= 0.3 is 0 Å². The van der Waals surface area contributed by atoms with Gasteiger partial charge in [0.25, 0.3) is 0 Å². The molecule has 22 heavy (non-hydrogen) atoms. The SMILES string of the molecule is NC(=NCC(c1cccs1)N1CCOCC1)N1CCSCC1. The molecular formula is C15H24N4OS2. The summed E-state index contributed by atoms with van der Waals surface area (Å²) in [5.41, 5.74) is 6.21. The van der Waals surface area contributed by atoms with Crippen LogP contribution >= 0.6 is 23.1 Å². The molecule has 2 aliphatic rings. The van der Waals surface area contributed by atoms with Crippen LogP contribution in [-0.4, -0.2) is 73.2 Å². The normalized spacial score (nSPS) is 22.7. The molecule has 5 nitrogen and oxygen atoms in total. The molecule has 0 amide bonds. The van der Waals surface area contributed by atoms with Crippen LogP contribution in [0.5, 0.6) is 0 Å². The number of ether oxygens (including phenoxy) is 1. The highest BCUT2D eigenvalue weighted by atomic mass is 32.2. The van der Waals surface area contributed by atoms with E-state index >= 15 is 0 Å². The number of morpholine rings is 1. The first-order chi connectivity index (χ1) is 10.8. The molecule has 7 heteroatoms. The van der Waals surface area contributed by atoms with E-state index in [1.54, 1.807) is 11.3 Å². The van der Waals surface area contributed by atoms with E-state index in [1.807, 2.05) is 11.8 Å². The van der Waals surface area contributed by atoms with Gasteiger partial charge in [0.05, 0.1) is 25.8 Å². The maximum absolute atomic E-state index is 6.21. The molecule has 1 atom stereocenters. The standard InChI is InChI=1S/C15H24N4OS2/c16-15(19-5-10-21-11-6-19)17-12-13(14-2-1-9-22-14)18-3-7-20-8-4-18/h1-2,9,13H,3-8,10-12H2,(H2,16,17). The Hall–Kier alpha value is -0.760. The van der Waals surface area contributed by atoms with Crippen LogP contribution in [0.3, 0.4) is 0 Å². The molecule has 0 bridgehead atoms. The highest BCUT2D eigenvalue weighted by Gasteiger charge is 2.23. The van der Waals surface area contributed by atoms with E-state index in [4.69, 9.17) is 15.5 Å². The summed E-state index contributed by atoms with van der Waals surface area (Å²) in [6.45, 7) is 6.32. The van der Waals surface area contributed by atoms with Crippen LogP contribution in [0.15, 0.2) is 22.5 Å². The third-order valence-electron chi connectivity index (χ3n) is 4.12. The minimum absolute atomic E-state index is 0.321. The number of hydrogen-bond donors (Lipinski definition) is 1. The molecule has 2 N–H and O–H groups in total. The van der Waals surface area contributed by atoms with Gasteiger partial charge in [0, 0.05) is 42.6 Å². The van der Waals surface area contributed by atoms with Crippen molar-refractivity contribution in [1.29, 1.82) is 0 Å². The summed E-state index contributed by atoms with van der Waals surface area (Å²) in [4.78, 5) is 10.8. The number of thiophene rings is 1. The summed E-state index contributed by atoms with van der Waals surface area (Å²) in [5.74, 6) is 3.00. The lowest BCUT2D eigenvalue weighted by molar-refractivity contribution is 0.0186. The zero-order chi connectivity index (χ0) is 15.2. The van der Waals surface area contributed by atoms with E-state index in [9.17, 15) is 0 Å². The first kappa shape index (κ1) is 16.1. The number of rotatable bonds is 4. The van der Waals surface area contributed by atoms with Crippen molar-refractivity contribution in [3.63, 3.8) is 0 Å². The number of guanidine groups is 1. The monoisotopic (exact) mass is 340 g/mol. The number of nitrogens with zero attached hydrogens (tertiary/aromatic N) is 3. The average molecular weight is 341 g/mol. The van der Waals surface area contributed by atoms with Crippen LogP contribution in [0.2, 0.25) is 0 Å². The second-order valence-corrected chi connectivity index (χ2v) is 7.68. The van der Waals surface area contributed by atoms with Gasteiger partial charge in [-0.1, -0.05) is 6.07 Å². The quantitative estimate of drug-likeness (QED) is 0.665. The Morgan fingerprint density at radius 1 is 1.27 bits per heavy atom. The summed E-state index contributed by atoms with van der Waals surface area (Å²) < 4.78 is 5.48. The van der Waals surface area contributed by atoms with E-state index in [0.29, 0.717) is 12.0 Å². The Kier molecular flexibility index (Phi) is 6.00. The van der Waals surface area contributed by atoms with Crippen LogP contribution < -0.4 is 5.73 Å². The van der Waals surface area contributed by atoms with Crippen LogP contribution in [0.4, 0.5) is 0 Å². The van der Waals surface area contributed by atoms with Crippen molar-refractivity contribution in [2.45, 2.75) is 6.04 Å². The van der Waals surface area contributed by atoms with Crippen molar-refractivity contribution >= 4 is 29.1 Å². The first-order valence-electron chi connectivity index (χ1n) is 7.82. The van der Waals surface area contributed by atoms with Crippen LogP contribution in [-0.2, 0) is 4.74 Å². The molecule has 0 saturated carbocycles. The fourth-order valence-electron chi connectivity index (χ4n) is 2.83. The lowest BCUT2D eigenvalue weighted by Crippen LogP contribution is -2.44. The molecule has 2 fully saturated rings. The van der Waals surface area contributed by atoms with E-state index < -0.39 is 0 Å². The molecule has 2 aliphatic heterocycles. The van der Waals surface area contributed by atoms with Gasteiger partial charge in [0.15, 0.2) is 5.96 Å². The van der Waals surface area contributed by atoms with Crippen molar-refractivity contribution in [2.75, 3.05) is 57.4 Å². The average Bonchev–Trinajstić information content (AvgIpc) is 3.11. The lowest BCUT2D eigenvalue weighted by atomic mass is 10.2. The molecule has 0 aromatic carbocycles. The summed E-state index contributed by atoms with van der Waals surface area (Å²) in [6, 6.07) is 4.64. The second-order valence-electron chi connectivity index (χ2n) is 5.48. The Bertz CT molecular complexity index is 468. The van der Waals surface area contributed by atoms with Gasteiger partial charge in [0.2, 0.25) is 0 Å². The van der Waals surface area contributed by atoms with Gasteiger partial charge in [-0.3, -0.25) is 9.89 Å². The third-order valence-corrected chi connectivity index (χ3v) is 6.04. The van der Waals surface area contributed by atoms with Crippen molar-refractivity contribution in [2.24, 2.45) is 10.7 Å². The van der Waals surface area contributed by atoms with Gasteiger partial charge in [-0.05, 0) is 11.4 Å². The molecule has 3 rings (SSSR count). The largest absolute Gasteiger partial charge is 0.379 e. The van der Waals surface area contributed by atoms with Crippen LogP contribution in [0.1, 0.15) is 10.9 Å². The topological polar surface area (TPSA) is 54.1 Å². The van der Waals surface area contributed by atoms with E-state index in [-0.39, 0.29) is 0 Å². The number of aliphatic imine (C=N–C) groups is 1. The number of thioether (sulfide) groups is 1. The zero-order valence-corrected chi connectivity index (χ0v) is 14.5. The summed E-state index contributed by atoms with van der Waals surface area (Å²) in [5, 5.41) is 2.14. The van der Waals surface area contributed by atoms with Crippen molar-refractivity contribution < 1.29 is 4.74 Å². The predicted molar refractivity (Wildman–Crippen MR) is 94.8 cm³/mol. The number of hydrogen-bond acceptors (Lipinski definition) is 5. The molecule has 1 aromatic rings. The molecule has 1 unspecified atom stereocenters. The van der Waals surface area contributed by atoms with Crippen molar-refractivity contribution in [3.05, 3.63) is 22.4 Å². The maximum Gasteiger partial charge on any atom is 0.191 e. The summed E-state index contributed by atoms with van der Waals surface area (Å²) in [6.07, 6.45) is 0. The van der Waals surface area contributed by atoms with Crippen molar-refractivity contribution in [3.8, 4) is 0 Å². The second kappa shape index (κ2) is 8.19. The first-order valence-corrected chi connectivity index (χ1v) is 9.86. The Balaban J connectivity index is 1.66. The van der Waals surface area contributed by atoms with E-state index in [0.717, 1.165) is 57.4 Å². The molecular weight excluding hydrogens is 316 g/mol. The molecule has 122 valence electrons. The van der Waals surface area contributed by atoms with Gasteiger partial charge in [-0.2, -0.15) is 11.8 Å². The smallest absolute Gasteiger partial charge is 0.191 e. The highest BCUT2D eigenvalue weighted by Crippen LogP contribution is 2.26. The predicted octanol–water partition coefficient (Wildman–Crippen LogP) is 1.48. The minimum Gasteiger partial charge on any atom is -0.379 e. The molecule has 0 radical (unpaired) electrons. The Labute approximate surface area is 140 Å². The van der Waals surface area contributed by atoms with Gasteiger partial charge < -0.3 is 15.4 Å².